The number of benzene rings is 1. The maximum Gasteiger partial charge on any atom is 0.224 e. The number of methoxy groups -OCH3 is 1. The number of carbonyl (C=O) groups excluding carboxylic acids is 1. The Morgan fingerprint density at radius 2 is 2.00 bits per heavy atom. The average Bonchev–Trinajstić information content (AvgIpc) is 2.76. The van der Waals surface area contributed by atoms with Crippen LogP contribution in [0.4, 0.5) is 0 Å². The van der Waals surface area contributed by atoms with Gasteiger partial charge >= 0.3 is 0 Å². The molecular formula is C23H39IN4O3. The van der Waals surface area contributed by atoms with Gasteiger partial charge in [-0.15, -0.1) is 24.0 Å². The molecular weight excluding hydrogens is 507 g/mol. The molecule has 1 aromatic carbocycles. The number of rotatable bonds is 10. The minimum atomic E-state index is 0. The monoisotopic (exact) mass is 546 g/mol. The van der Waals surface area contributed by atoms with E-state index in [2.05, 4.69) is 28.6 Å². The second-order valence-corrected chi connectivity index (χ2v) is 7.63. The number of amides is 1. The number of halogens is 1. The van der Waals surface area contributed by atoms with E-state index < -0.39 is 0 Å². The summed E-state index contributed by atoms with van der Waals surface area (Å²) in [5, 5.41) is 6.57. The first-order chi connectivity index (χ1) is 14.6. The first-order valence-electron chi connectivity index (χ1n) is 11.1. The van der Waals surface area contributed by atoms with Gasteiger partial charge < -0.3 is 25.0 Å². The molecule has 8 heteroatoms. The van der Waals surface area contributed by atoms with E-state index in [0.717, 1.165) is 56.2 Å². The van der Waals surface area contributed by atoms with Gasteiger partial charge in [0.15, 0.2) is 17.5 Å². The number of carbonyl (C=O) groups is 1. The number of guanidine groups is 1. The zero-order valence-corrected chi connectivity index (χ0v) is 21.7. The third kappa shape index (κ3) is 9.13. The normalized spacial score (nSPS) is 16.3. The largest absolute Gasteiger partial charge is 0.493 e. The van der Waals surface area contributed by atoms with Crippen molar-refractivity contribution in [2.75, 3.05) is 40.4 Å². The quantitative estimate of drug-likeness (QED) is 0.203. The highest BCUT2D eigenvalue weighted by molar-refractivity contribution is 14.0. The third-order valence-corrected chi connectivity index (χ3v) is 5.44. The van der Waals surface area contributed by atoms with E-state index in [1.807, 2.05) is 24.0 Å². The van der Waals surface area contributed by atoms with Crippen molar-refractivity contribution < 1.29 is 14.3 Å². The van der Waals surface area contributed by atoms with Crippen molar-refractivity contribution >= 4 is 35.8 Å². The molecule has 1 amide bonds. The van der Waals surface area contributed by atoms with E-state index in [4.69, 9.17) is 9.47 Å². The Kier molecular flexibility index (Phi) is 13.4. The highest BCUT2D eigenvalue weighted by Crippen LogP contribution is 2.28. The maximum atomic E-state index is 12.4. The molecule has 1 fully saturated rings. The summed E-state index contributed by atoms with van der Waals surface area (Å²) in [6, 6.07) is 6.43. The molecule has 31 heavy (non-hydrogen) atoms. The van der Waals surface area contributed by atoms with Crippen LogP contribution in [0, 0.1) is 0 Å². The van der Waals surface area contributed by atoms with Crippen LogP contribution in [0.2, 0.25) is 0 Å². The van der Waals surface area contributed by atoms with E-state index in [9.17, 15) is 4.79 Å². The first-order valence-corrected chi connectivity index (χ1v) is 11.1. The number of aliphatic imine (C=N–C) groups is 1. The summed E-state index contributed by atoms with van der Waals surface area (Å²) in [5.74, 6) is 2.52. The molecule has 0 aromatic heterocycles. The summed E-state index contributed by atoms with van der Waals surface area (Å²) in [7, 11) is 3.41. The molecule has 0 saturated carbocycles. The molecule has 1 aliphatic rings. The van der Waals surface area contributed by atoms with Gasteiger partial charge in [0.05, 0.1) is 13.7 Å². The summed E-state index contributed by atoms with van der Waals surface area (Å²) in [5.41, 5.74) is 1.21. The molecule has 0 spiro atoms. The average molecular weight is 546 g/mol. The van der Waals surface area contributed by atoms with Crippen LogP contribution in [0.15, 0.2) is 23.2 Å². The molecule has 0 bridgehead atoms. The zero-order chi connectivity index (χ0) is 21.8. The van der Waals surface area contributed by atoms with E-state index in [1.165, 1.54) is 12.0 Å². The lowest BCUT2D eigenvalue weighted by atomic mass is 10.0. The minimum Gasteiger partial charge on any atom is -0.493 e. The van der Waals surface area contributed by atoms with Crippen molar-refractivity contribution in [3.05, 3.63) is 23.8 Å². The number of hydrogen-bond acceptors (Lipinski definition) is 4. The van der Waals surface area contributed by atoms with Gasteiger partial charge in [0.1, 0.15) is 0 Å². The highest BCUT2D eigenvalue weighted by atomic mass is 127. The van der Waals surface area contributed by atoms with Crippen molar-refractivity contribution in [2.24, 2.45) is 4.99 Å². The molecule has 1 aliphatic heterocycles. The number of aryl methyl sites for hydroxylation is 1. The summed E-state index contributed by atoms with van der Waals surface area (Å²) in [4.78, 5) is 18.7. The van der Waals surface area contributed by atoms with Crippen LogP contribution in [0.5, 0.6) is 11.5 Å². The standard InChI is InChI=1S/C23H38N4O3.HI/c1-5-30-21-17-19(11-12-20(21)29-4)10-8-14-25-23(24-3)26-15-13-22(28)27-16-7-6-9-18(27)2;/h11-12,17-18H,5-10,13-16H2,1-4H3,(H2,24,25,26);1H. The first kappa shape index (κ1) is 27.3. The lowest BCUT2D eigenvalue weighted by Gasteiger charge is -2.33. The van der Waals surface area contributed by atoms with Crippen molar-refractivity contribution in [3.8, 4) is 11.5 Å². The van der Waals surface area contributed by atoms with Gasteiger partial charge in [-0.2, -0.15) is 0 Å². The van der Waals surface area contributed by atoms with Crippen molar-refractivity contribution in [1.29, 1.82) is 0 Å². The van der Waals surface area contributed by atoms with Gasteiger partial charge in [-0.25, -0.2) is 0 Å². The minimum absolute atomic E-state index is 0. The summed E-state index contributed by atoms with van der Waals surface area (Å²) >= 11 is 0. The number of hydrogen-bond donors (Lipinski definition) is 2. The predicted octanol–water partition coefficient (Wildman–Crippen LogP) is 3.60. The van der Waals surface area contributed by atoms with Gasteiger partial charge in [-0.1, -0.05) is 6.07 Å². The molecule has 2 rings (SSSR count). The van der Waals surface area contributed by atoms with Crippen LogP contribution in [-0.4, -0.2) is 63.2 Å². The summed E-state index contributed by atoms with van der Waals surface area (Å²) < 4.78 is 11.0. The van der Waals surface area contributed by atoms with E-state index >= 15 is 0 Å². The summed E-state index contributed by atoms with van der Waals surface area (Å²) in [6.07, 6.45) is 5.85. The van der Waals surface area contributed by atoms with Gasteiger partial charge in [0, 0.05) is 39.1 Å². The molecule has 7 nitrogen and oxygen atoms in total. The van der Waals surface area contributed by atoms with Gasteiger partial charge in [0.25, 0.3) is 0 Å². The van der Waals surface area contributed by atoms with Crippen LogP contribution in [0.25, 0.3) is 0 Å². The van der Waals surface area contributed by atoms with Crippen LogP contribution in [-0.2, 0) is 11.2 Å². The number of nitrogens with one attached hydrogen (secondary N) is 2. The Morgan fingerprint density at radius 1 is 1.23 bits per heavy atom. The fourth-order valence-electron chi connectivity index (χ4n) is 3.76. The second-order valence-electron chi connectivity index (χ2n) is 7.63. The number of nitrogens with zero attached hydrogens (tertiary/aromatic N) is 2. The Balaban J connectivity index is 0.00000480. The van der Waals surface area contributed by atoms with E-state index in [1.54, 1.807) is 14.2 Å². The van der Waals surface area contributed by atoms with E-state index in [0.29, 0.717) is 25.6 Å². The lowest BCUT2D eigenvalue weighted by molar-refractivity contribution is -0.134. The molecule has 176 valence electrons. The Hall–Kier alpha value is -1.71. The topological polar surface area (TPSA) is 75.2 Å². The van der Waals surface area contributed by atoms with Gasteiger partial charge in [-0.05, 0) is 63.6 Å². The lowest BCUT2D eigenvalue weighted by Crippen LogP contribution is -2.44. The van der Waals surface area contributed by atoms with E-state index in [-0.39, 0.29) is 29.9 Å². The third-order valence-electron chi connectivity index (χ3n) is 5.44. The highest BCUT2D eigenvalue weighted by Gasteiger charge is 2.22. The van der Waals surface area contributed by atoms with Crippen molar-refractivity contribution in [3.63, 3.8) is 0 Å². The smallest absolute Gasteiger partial charge is 0.224 e. The molecule has 1 saturated heterocycles. The molecule has 2 N–H and O–H groups in total. The Bertz CT molecular complexity index is 699. The van der Waals surface area contributed by atoms with Crippen LogP contribution in [0.1, 0.15) is 51.5 Å². The van der Waals surface area contributed by atoms with Crippen molar-refractivity contribution in [2.45, 2.75) is 58.4 Å². The number of likely N-dealkylation sites (tertiary alicyclic amines) is 1. The summed E-state index contributed by atoms with van der Waals surface area (Å²) in [6.45, 7) is 7.01. The molecule has 1 aromatic rings. The molecule has 1 heterocycles. The predicted molar refractivity (Wildman–Crippen MR) is 137 cm³/mol. The van der Waals surface area contributed by atoms with Crippen LogP contribution in [0.3, 0.4) is 0 Å². The zero-order valence-electron chi connectivity index (χ0n) is 19.4. The number of piperidine rings is 1. The van der Waals surface area contributed by atoms with Gasteiger partial charge in [0.2, 0.25) is 5.91 Å². The SMILES string of the molecule is CCOc1cc(CCCNC(=NC)NCCC(=O)N2CCCCC2C)ccc1OC.I. The fourth-order valence-corrected chi connectivity index (χ4v) is 3.76. The Labute approximate surface area is 204 Å². The van der Waals surface area contributed by atoms with Crippen molar-refractivity contribution in [1.82, 2.24) is 15.5 Å². The van der Waals surface area contributed by atoms with Crippen LogP contribution >= 0.6 is 24.0 Å². The maximum absolute atomic E-state index is 12.4. The Morgan fingerprint density at radius 3 is 2.68 bits per heavy atom. The molecule has 1 unspecified atom stereocenters. The molecule has 0 radical (unpaired) electrons. The molecule has 1 atom stereocenters. The fraction of sp³-hybridized carbons (Fsp3) is 0.652. The number of ether oxygens (including phenoxy) is 2. The van der Waals surface area contributed by atoms with Gasteiger partial charge in [-0.3, -0.25) is 9.79 Å². The second kappa shape index (κ2) is 15.2. The molecule has 0 aliphatic carbocycles. The van der Waals surface area contributed by atoms with Crippen LogP contribution < -0.4 is 20.1 Å².